The molecule has 4 heterocycles. The van der Waals surface area contributed by atoms with Crippen LogP contribution in [0.25, 0.3) is 0 Å². The zero-order valence-corrected chi connectivity index (χ0v) is 35.2. The Morgan fingerprint density at radius 3 is 2.25 bits per heavy atom. The van der Waals surface area contributed by atoms with E-state index in [9.17, 15) is 33.9 Å². The van der Waals surface area contributed by atoms with Gasteiger partial charge in [0.1, 0.15) is 23.9 Å². The second kappa shape index (κ2) is 21.4. The van der Waals surface area contributed by atoms with E-state index >= 15 is 0 Å². The van der Waals surface area contributed by atoms with Gasteiger partial charge in [-0.15, -0.1) is 0 Å². The number of carbonyl (C=O) groups excluding carboxylic acids is 6. The van der Waals surface area contributed by atoms with Crippen molar-refractivity contribution < 1.29 is 52.8 Å². The Hall–Kier alpha value is -4.18. The summed E-state index contributed by atoms with van der Waals surface area (Å²) >= 11 is 0. The Labute approximate surface area is 347 Å². The first-order chi connectivity index (χ1) is 28.1. The summed E-state index contributed by atoms with van der Waals surface area (Å²) in [4.78, 5) is 73.8. The minimum atomic E-state index is -0.852. The van der Waals surface area contributed by atoms with Crippen LogP contribution in [0.3, 0.4) is 0 Å². The number of hydrogen-bond donors (Lipinski definition) is 4. The van der Waals surface area contributed by atoms with E-state index in [1.807, 2.05) is 26.0 Å². The van der Waals surface area contributed by atoms with Gasteiger partial charge in [0.25, 0.3) is 11.8 Å². The average Bonchev–Trinajstić information content (AvgIpc) is 3.88. The van der Waals surface area contributed by atoms with Gasteiger partial charge in [0.05, 0.1) is 37.4 Å². The third-order valence-electron chi connectivity index (χ3n) is 12.0. The van der Waals surface area contributed by atoms with E-state index in [4.69, 9.17) is 18.9 Å². The van der Waals surface area contributed by atoms with Crippen LogP contribution in [-0.2, 0) is 47.7 Å². The molecule has 5 rings (SSSR count). The smallest absolute Gasteiger partial charge is 0.303 e. The lowest BCUT2D eigenvalue weighted by Crippen LogP contribution is -2.51. The molecule has 0 unspecified atom stereocenters. The first-order valence-corrected chi connectivity index (χ1v) is 21.4. The lowest BCUT2D eigenvalue weighted by atomic mass is 9.87. The zero-order valence-electron chi connectivity index (χ0n) is 35.2. The fourth-order valence-electron chi connectivity index (χ4n) is 8.45. The molecule has 4 fully saturated rings. The van der Waals surface area contributed by atoms with Crippen molar-refractivity contribution in [2.45, 2.75) is 172 Å². The summed E-state index contributed by atoms with van der Waals surface area (Å²) in [5, 5.41) is 20.4. The summed E-state index contributed by atoms with van der Waals surface area (Å²) in [6.45, 7) is 9.84. The van der Waals surface area contributed by atoms with Gasteiger partial charge in [-0.05, 0) is 84.1 Å². The van der Waals surface area contributed by atoms with Crippen LogP contribution in [0.15, 0.2) is 48.1 Å². The number of rotatable bonds is 18. The number of imide groups is 1. The number of esters is 1. The predicted molar refractivity (Wildman–Crippen MR) is 217 cm³/mol. The van der Waals surface area contributed by atoms with Crippen LogP contribution in [-0.4, -0.2) is 119 Å². The fourth-order valence-corrected chi connectivity index (χ4v) is 8.45. The lowest BCUT2D eigenvalue weighted by Gasteiger charge is -2.39. The average molecular weight is 825 g/mol. The number of unbranched alkanes of at least 4 members (excludes halogenated alkanes) is 2. The van der Waals surface area contributed by atoms with Gasteiger partial charge in [-0.25, -0.2) is 0 Å². The first-order valence-electron chi connectivity index (χ1n) is 21.4. The number of aliphatic hydroxyl groups is 1. The molecule has 5 amide bonds. The maximum atomic E-state index is 13.2. The summed E-state index contributed by atoms with van der Waals surface area (Å²) in [6, 6.07) is -0.0735. The molecule has 326 valence electrons. The Morgan fingerprint density at radius 1 is 0.949 bits per heavy atom. The molecule has 15 heteroatoms. The van der Waals surface area contributed by atoms with Gasteiger partial charge >= 0.3 is 5.97 Å². The highest BCUT2D eigenvalue weighted by molar-refractivity contribution is 6.12. The van der Waals surface area contributed by atoms with E-state index in [-0.39, 0.29) is 72.2 Å². The minimum Gasteiger partial charge on any atom is -0.459 e. The van der Waals surface area contributed by atoms with Gasteiger partial charge in [-0.3, -0.25) is 33.7 Å². The molecule has 59 heavy (non-hydrogen) atoms. The van der Waals surface area contributed by atoms with Gasteiger partial charge in [0.2, 0.25) is 17.7 Å². The Bertz CT molecular complexity index is 1630. The number of nitrogens with zero attached hydrogens (tertiary/aromatic N) is 1. The molecule has 1 saturated carbocycles. The van der Waals surface area contributed by atoms with Crippen molar-refractivity contribution >= 4 is 35.5 Å². The molecule has 3 saturated heterocycles. The van der Waals surface area contributed by atoms with Crippen LogP contribution in [0, 0.1) is 5.92 Å². The fraction of sp³-hybridized carbons (Fsp3) is 0.682. The SMILES string of the molecule is CC(=O)O[C@@H](C)C=CC(=O)N[C@@H]1C[C@H](C)[C@H](CC=C(C)C=C[C@H]2O[C@H](CC(=O)N[C@H]3CC[C@H](NC(=O)CCCCCN4C(=O)C=CC4=O)CC3)C[C@@]3(CO3)[C@@H]2O)O[C@@H]1C. The highest BCUT2D eigenvalue weighted by Crippen LogP contribution is 2.43. The van der Waals surface area contributed by atoms with Crippen LogP contribution >= 0.6 is 0 Å². The second-order valence-electron chi connectivity index (χ2n) is 17.0. The largest absolute Gasteiger partial charge is 0.459 e. The third kappa shape index (κ3) is 13.9. The quantitative estimate of drug-likeness (QED) is 0.0394. The number of allylic oxidation sites excluding steroid dienone is 2. The van der Waals surface area contributed by atoms with Gasteiger partial charge in [0.15, 0.2) is 0 Å². The lowest BCUT2D eigenvalue weighted by molar-refractivity contribution is -0.146. The Morgan fingerprint density at radius 2 is 1.61 bits per heavy atom. The van der Waals surface area contributed by atoms with Gasteiger partial charge in [-0.1, -0.05) is 37.1 Å². The van der Waals surface area contributed by atoms with Crippen molar-refractivity contribution in [3.8, 4) is 0 Å². The zero-order chi connectivity index (χ0) is 42.7. The maximum Gasteiger partial charge on any atom is 0.303 e. The monoisotopic (exact) mass is 824 g/mol. The topological polar surface area (TPSA) is 202 Å². The first kappa shape index (κ1) is 45.9. The van der Waals surface area contributed by atoms with E-state index in [1.165, 1.54) is 30.1 Å². The number of carbonyl (C=O) groups is 6. The van der Waals surface area contributed by atoms with Crippen molar-refractivity contribution in [1.29, 1.82) is 0 Å². The maximum absolute atomic E-state index is 13.2. The van der Waals surface area contributed by atoms with Crippen LogP contribution in [0.1, 0.15) is 112 Å². The summed E-state index contributed by atoms with van der Waals surface area (Å²) in [5.41, 5.74) is 0.270. The molecule has 0 radical (unpaired) electrons. The van der Waals surface area contributed by atoms with Crippen molar-refractivity contribution in [3.05, 3.63) is 48.1 Å². The van der Waals surface area contributed by atoms with Crippen molar-refractivity contribution in [3.63, 3.8) is 0 Å². The molecular formula is C44H64N4O11. The van der Waals surface area contributed by atoms with E-state index < -0.39 is 36.0 Å². The van der Waals surface area contributed by atoms with Crippen molar-refractivity contribution in [2.75, 3.05) is 13.2 Å². The molecule has 0 aromatic heterocycles. The van der Waals surface area contributed by atoms with Gasteiger partial charge < -0.3 is 40.0 Å². The van der Waals surface area contributed by atoms with E-state index in [2.05, 4.69) is 29.0 Å². The predicted octanol–water partition coefficient (Wildman–Crippen LogP) is 3.39. The number of hydrogen-bond acceptors (Lipinski definition) is 11. The normalized spacial score (nSPS) is 32.7. The standard InChI is InChI=1S/C44H64N4O11/c1-27(10-17-36-28(2)23-35(30(4)58-36)47-39(51)19-12-29(3)57-31(5)49)11-18-37-43(55)44(26-56-44)25-34(59-37)24-40(52)46-33-15-13-32(14-16-33)45-38(50)9-7-6-8-22-48-41(53)20-21-42(48)54/h10-12,18-21,28-30,32-37,43,55H,6-9,13-17,22-26H2,1-5H3,(H,45,50)(H,46,52)(H,47,51)/t28-,29-,30+,32-,33-,34+,35+,36-,37+,43+,44+/m0/s1. The number of nitrogens with one attached hydrogen (secondary N) is 3. The van der Waals surface area contributed by atoms with Crippen LogP contribution in [0.5, 0.6) is 0 Å². The molecule has 9 atom stereocenters. The number of aliphatic hydroxyl groups excluding tert-OH is 1. The number of ether oxygens (including phenoxy) is 4. The highest BCUT2D eigenvalue weighted by atomic mass is 16.6. The van der Waals surface area contributed by atoms with Gasteiger partial charge in [0, 0.05) is 56.6 Å². The summed E-state index contributed by atoms with van der Waals surface area (Å²) in [7, 11) is 0. The van der Waals surface area contributed by atoms with Crippen LogP contribution in [0.4, 0.5) is 0 Å². The van der Waals surface area contributed by atoms with Crippen molar-refractivity contribution in [2.24, 2.45) is 5.92 Å². The molecule has 4 N–H and O–H groups in total. The number of epoxide rings is 1. The molecule has 1 spiro atoms. The van der Waals surface area contributed by atoms with Crippen molar-refractivity contribution in [1.82, 2.24) is 20.9 Å². The van der Waals surface area contributed by atoms with Gasteiger partial charge in [-0.2, -0.15) is 0 Å². The molecule has 1 aliphatic carbocycles. The molecule has 0 bridgehead atoms. The molecule has 4 aliphatic heterocycles. The molecule has 5 aliphatic rings. The van der Waals surface area contributed by atoms with E-state index in [1.54, 1.807) is 13.0 Å². The Balaban J connectivity index is 0.990. The third-order valence-corrected chi connectivity index (χ3v) is 12.0. The Kier molecular flexibility index (Phi) is 16.6. The highest BCUT2D eigenvalue weighted by Gasteiger charge is 2.58. The van der Waals surface area contributed by atoms with Crippen LogP contribution < -0.4 is 16.0 Å². The molecule has 15 nitrogen and oxygen atoms in total. The molecule has 0 aromatic rings. The number of amides is 5. The van der Waals surface area contributed by atoms with E-state index in [0.29, 0.717) is 45.3 Å². The second-order valence-corrected chi connectivity index (χ2v) is 17.0. The summed E-state index contributed by atoms with van der Waals surface area (Å²) in [5.74, 6) is -1.16. The van der Waals surface area contributed by atoms with Crippen LogP contribution in [0.2, 0.25) is 0 Å². The molecular weight excluding hydrogens is 761 g/mol. The summed E-state index contributed by atoms with van der Waals surface area (Å²) in [6.07, 6.45) is 16.3. The molecule has 0 aromatic carbocycles. The minimum absolute atomic E-state index is 0.00510. The van der Waals surface area contributed by atoms with E-state index in [0.717, 1.165) is 44.1 Å². The summed E-state index contributed by atoms with van der Waals surface area (Å²) < 4.78 is 23.4.